The van der Waals surface area contributed by atoms with Crippen LogP contribution in [0.5, 0.6) is 17.2 Å². The van der Waals surface area contributed by atoms with Crippen LogP contribution in [0, 0.1) is 6.92 Å². The standard InChI is InChI=1S/C24H25NO6/c1-14-8-7-9-17(12-14)25-15(2)20(24(27)31-6)18(23(25)26)13-16-10-11-19(28-3)22(30-5)21(16)29-4/h7-13H,1-6H3/b18-13-. The largest absolute Gasteiger partial charge is 0.493 e. The Morgan fingerprint density at radius 2 is 1.65 bits per heavy atom. The van der Waals surface area contributed by atoms with Crippen molar-refractivity contribution in [2.75, 3.05) is 33.3 Å². The molecule has 2 aromatic carbocycles. The summed E-state index contributed by atoms with van der Waals surface area (Å²) >= 11 is 0. The molecule has 31 heavy (non-hydrogen) atoms. The van der Waals surface area contributed by atoms with Crippen LogP contribution in [0.1, 0.15) is 18.1 Å². The molecule has 0 N–H and O–H groups in total. The molecule has 162 valence electrons. The maximum absolute atomic E-state index is 13.5. The first kappa shape index (κ1) is 22.0. The van der Waals surface area contributed by atoms with E-state index in [1.807, 2.05) is 31.2 Å². The molecule has 0 saturated carbocycles. The summed E-state index contributed by atoms with van der Waals surface area (Å²) in [6.45, 7) is 3.66. The third-order valence-corrected chi connectivity index (χ3v) is 5.08. The summed E-state index contributed by atoms with van der Waals surface area (Å²) < 4.78 is 21.3. The molecule has 0 saturated heterocycles. The Hall–Kier alpha value is -3.74. The summed E-state index contributed by atoms with van der Waals surface area (Å²) in [4.78, 5) is 27.6. The maximum atomic E-state index is 13.5. The second-order valence-corrected chi connectivity index (χ2v) is 6.91. The van der Waals surface area contributed by atoms with Gasteiger partial charge in [-0.1, -0.05) is 12.1 Å². The van der Waals surface area contributed by atoms with Crippen molar-refractivity contribution in [1.29, 1.82) is 0 Å². The van der Waals surface area contributed by atoms with Crippen molar-refractivity contribution in [2.45, 2.75) is 13.8 Å². The number of carbonyl (C=O) groups is 2. The van der Waals surface area contributed by atoms with E-state index in [1.54, 1.807) is 25.1 Å². The SMILES string of the molecule is COC(=O)C1=C(C)N(c2cccc(C)c2)C(=O)/C1=C\c1ccc(OC)c(OC)c1OC. The fourth-order valence-electron chi connectivity index (χ4n) is 3.65. The number of esters is 1. The lowest BCUT2D eigenvalue weighted by Crippen LogP contribution is -2.24. The van der Waals surface area contributed by atoms with Crippen LogP contribution in [0.4, 0.5) is 5.69 Å². The molecule has 1 amide bonds. The summed E-state index contributed by atoms with van der Waals surface area (Å²) in [6, 6.07) is 11.0. The minimum Gasteiger partial charge on any atom is -0.493 e. The minimum atomic E-state index is -0.591. The number of carbonyl (C=O) groups excluding carboxylic acids is 2. The predicted molar refractivity (Wildman–Crippen MR) is 117 cm³/mol. The van der Waals surface area contributed by atoms with Gasteiger partial charge in [0.1, 0.15) is 0 Å². The molecule has 3 rings (SSSR count). The van der Waals surface area contributed by atoms with Gasteiger partial charge in [0.2, 0.25) is 5.75 Å². The van der Waals surface area contributed by atoms with E-state index in [2.05, 4.69) is 0 Å². The third-order valence-electron chi connectivity index (χ3n) is 5.08. The Kier molecular flexibility index (Phi) is 6.34. The van der Waals surface area contributed by atoms with E-state index in [4.69, 9.17) is 18.9 Å². The second kappa shape index (κ2) is 8.95. The molecule has 1 aliphatic rings. The molecular weight excluding hydrogens is 398 g/mol. The maximum Gasteiger partial charge on any atom is 0.340 e. The Morgan fingerprint density at radius 3 is 2.23 bits per heavy atom. The van der Waals surface area contributed by atoms with Crippen molar-refractivity contribution in [3.63, 3.8) is 0 Å². The van der Waals surface area contributed by atoms with Crippen LogP contribution in [-0.4, -0.2) is 40.3 Å². The molecule has 0 spiro atoms. The molecule has 0 fully saturated rings. The quantitative estimate of drug-likeness (QED) is 0.518. The topological polar surface area (TPSA) is 74.3 Å². The lowest BCUT2D eigenvalue weighted by atomic mass is 10.0. The molecule has 0 bridgehead atoms. The molecule has 0 aromatic heterocycles. The highest BCUT2D eigenvalue weighted by atomic mass is 16.5. The van der Waals surface area contributed by atoms with Gasteiger partial charge in [0.25, 0.3) is 5.91 Å². The van der Waals surface area contributed by atoms with E-state index in [0.29, 0.717) is 34.2 Å². The van der Waals surface area contributed by atoms with E-state index in [9.17, 15) is 9.59 Å². The number of hydrogen-bond acceptors (Lipinski definition) is 6. The van der Waals surface area contributed by atoms with Gasteiger partial charge < -0.3 is 18.9 Å². The number of methoxy groups -OCH3 is 4. The van der Waals surface area contributed by atoms with Gasteiger partial charge in [-0.2, -0.15) is 0 Å². The van der Waals surface area contributed by atoms with Crippen LogP contribution >= 0.6 is 0 Å². The summed E-state index contributed by atoms with van der Waals surface area (Å²) in [5.74, 6) is 0.339. The van der Waals surface area contributed by atoms with E-state index >= 15 is 0 Å². The highest BCUT2D eigenvalue weighted by Gasteiger charge is 2.38. The first-order chi connectivity index (χ1) is 14.9. The number of aryl methyl sites for hydroxylation is 1. The molecule has 0 aliphatic carbocycles. The zero-order chi connectivity index (χ0) is 22.7. The molecule has 1 heterocycles. The Bertz CT molecular complexity index is 1100. The Morgan fingerprint density at radius 1 is 0.935 bits per heavy atom. The number of amides is 1. The predicted octanol–water partition coefficient (Wildman–Crippen LogP) is 3.90. The number of nitrogens with zero attached hydrogens (tertiary/aromatic N) is 1. The van der Waals surface area contributed by atoms with Crippen molar-refractivity contribution in [1.82, 2.24) is 0 Å². The average Bonchev–Trinajstić information content (AvgIpc) is 3.01. The number of rotatable bonds is 6. The number of benzene rings is 2. The van der Waals surface area contributed by atoms with Crippen LogP contribution < -0.4 is 19.1 Å². The van der Waals surface area contributed by atoms with Crippen molar-refractivity contribution in [3.05, 3.63) is 64.4 Å². The van der Waals surface area contributed by atoms with E-state index in [-0.39, 0.29) is 17.1 Å². The molecule has 1 aliphatic heterocycles. The average molecular weight is 423 g/mol. The minimum absolute atomic E-state index is 0.200. The Labute approximate surface area is 181 Å². The van der Waals surface area contributed by atoms with Gasteiger partial charge in [0, 0.05) is 16.9 Å². The molecular formula is C24H25NO6. The fourth-order valence-corrected chi connectivity index (χ4v) is 3.65. The lowest BCUT2D eigenvalue weighted by Gasteiger charge is -2.18. The third kappa shape index (κ3) is 3.86. The molecule has 0 unspecified atom stereocenters. The van der Waals surface area contributed by atoms with Gasteiger partial charge in [-0.25, -0.2) is 4.79 Å². The molecule has 0 radical (unpaired) electrons. The summed E-state index contributed by atoms with van der Waals surface area (Å²) in [5, 5.41) is 0. The van der Waals surface area contributed by atoms with Crippen LogP contribution in [0.3, 0.4) is 0 Å². The second-order valence-electron chi connectivity index (χ2n) is 6.91. The van der Waals surface area contributed by atoms with Gasteiger partial charge >= 0.3 is 5.97 Å². The number of ether oxygens (including phenoxy) is 4. The van der Waals surface area contributed by atoms with Crippen molar-refractivity contribution in [3.8, 4) is 17.2 Å². The summed E-state index contributed by atoms with van der Waals surface area (Å²) in [7, 11) is 5.81. The highest BCUT2D eigenvalue weighted by molar-refractivity contribution is 6.24. The first-order valence-corrected chi connectivity index (χ1v) is 9.59. The normalized spacial score (nSPS) is 14.8. The van der Waals surface area contributed by atoms with E-state index in [0.717, 1.165) is 5.56 Å². The van der Waals surface area contributed by atoms with E-state index in [1.165, 1.54) is 33.3 Å². The monoisotopic (exact) mass is 423 g/mol. The van der Waals surface area contributed by atoms with Crippen LogP contribution in [-0.2, 0) is 14.3 Å². The van der Waals surface area contributed by atoms with Crippen LogP contribution in [0.25, 0.3) is 6.08 Å². The highest BCUT2D eigenvalue weighted by Crippen LogP contribution is 2.42. The number of anilines is 1. The van der Waals surface area contributed by atoms with Gasteiger partial charge in [-0.15, -0.1) is 0 Å². The van der Waals surface area contributed by atoms with Gasteiger partial charge in [0.05, 0.1) is 39.6 Å². The fraction of sp³-hybridized carbons (Fsp3) is 0.250. The van der Waals surface area contributed by atoms with Crippen molar-refractivity contribution < 1.29 is 28.5 Å². The van der Waals surface area contributed by atoms with Gasteiger partial charge in [0.15, 0.2) is 11.5 Å². The van der Waals surface area contributed by atoms with Crippen LogP contribution in [0.15, 0.2) is 53.2 Å². The zero-order valence-electron chi connectivity index (χ0n) is 18.4. The molecule has 7 heteroatoms. The molecule has 7 nitrogen and oxygen atoms in total. The van der Waals surface area contributed by atoms with Crippen molar-refractivity contribution >= 4 is 23.6 Å². The smallest absolute Gasteiger partial charge is 0.340 e. The molecule has 0 atom stereocenters. The lowest BCUT2D eigenvalue weighted by molar-refractivity contribution is -0.136. The molecule has 2 aromatic rings. The van der Waals surface area contributed by atoms with Crippen LogP contribution in [0.2, 0.25) is 0 Å². The Balaban J connectivity index is 2.21. The van der Waals surface area contributed by atoms with Gasteiger partial charge in [-0.3, -0.25) is 9.69 Å². The van der Waals surface area contributed by atoms with Gasteiger partial charge in [-0.05, 0) is 49.8 Å². The zero-order valence-corrected chi connectivity index (χ0v) is 18.4. The summed E-state index contributed by atoms with van der Waals surface area (Å²) in [6.07, 6.45) is 1.61. The van der Waals surface area contributed by atoms with Crippen molar-refractivity contribution in [2.24, 2.45) is 0 Å². The number of allylic oxidation sites excluding steroid dienone is 1. The summed E-state index contributed by atoms with van der Waals surface area (Å²) in [5.41, 5.74) is 3.13. The van der Waals surface area contributed by atoms with E-state index < -0.39 is 5.97 Å². The first-order valence-electron chi connectivity index (χ1n) is 9.59. The number of hydrogen-bond donors (Lipinski definition) is 0.